The number of hydrogen-bond donors (Lipinski definition) is 1. The van der Waals surface area contributed by atoms with Gasteiger partial charge in [-0.15, -0.1) is 0 Å². The van der Waals surface area contributed by atoms with Crippen molar-refractivity contribution in [3.05, 3.63) is 41.1 Å². The molecule has 1 aliphatic rings. The van der Waals surface area contributed by atoms with E-state index in [1.807, 2.05) is 0 Å². The van der Waals surface area contributed by atoms with Gasteiger partial charge in [-0.25, -0.2) is 9.37 Å². The fourth-order valence-electron chi connectivity index (χ4n) is 3.23. The Morgan fingerprint density at radius 3 is 2.63 bits per heavy atom. The number of anilines is 1. The van der Waals surface area contributed by atoms with Crippen LogP contribution < -0.4 is 14.8 Å². The molecule has 164 valence electrons. The Morgan fingerprint density at radius 1 is 1.23 bits per heavy atom. The Bertz CT molecular complexity index is 861. The molecule has 0 bridgehead atoms. The lowest BCUT2D eigenvalue weighted by Crippen LogP contribution is -2.39. The molecule has 0 unspecified atom stereocenters. The summed E-state index contributed by atoms with van der Waals surface area (Å²) in [4.78, 5) is 9.61. The van der Waals surface area contributed by atoms with Gasteiger partial charge in [-0.1, -0.05) is 6.07 Å². The van der Waals surface area contributed by atoms with Crippen molar-refractivity contribution in [2.45, 2.75) is 31.6 Å². The average molecular weight is 449 g/mol. The van der Waals surface area contributed by atoms with Crippen LogP contribution in [-0.2, 0) is 6.54 Å². The zero-order chi connectivity index (χ0) is 21.7. The topological polar surface area (TPSA) is 59.5 Å². The number of piperidine rings is 1. The number of benzene rings is 1. The minimum absolute atomic E-state index is 0.0283. The van der Waals surface area contributed by atoms with Gasteiger partial charge in [-0.2, -0.15) is 18.2 Å². The van der Waals surface area contributed by atoms with E-state index in [1.165, 1.54) is 7.11 Å². The molecule has 0 radical (unpaired) electrons. The van der Waals surface area contributed by atoms with Crippen LogP contribution in [0, 0.1) is 5.82 Å². The third kappa shape index (κ3) is 6.33. The molecule has 0 aliphatic carbocycles. The van der Waals surface area contributed by atoms with Gasteiger partial charge in [0.15, 0.2) is 29.7 Å². The van der Waals surface area contributed by atoms with Crippen LogP contribution in [0.1, 0.15) is 18.4 Å². The fraction of sp³-hybridized carbons (Fsp3) is 0.474. The van der Waals surface area contributed by atoms with E-state index < -0.39 is 18.6 Å². The number of aromatic nitrogens is 2. The highest BCUT2D eigenvalue weighted by atomic mass is 35.5. The summed E-state index contributed by atoms with van der Waals surface area (Å²) in [5.74, 6) is -0.182. The first-order valence-electron chi connectivity index (χ1n) is 9.27. The van der Waals surface area contributed by atoms with E-state index in [-0.39, 0.29) is 28.6 Å². The fourth-order valence-corrected chi connectivity index (χ4v) is 3.36. The number of nitrogens with one attached hydrogen (secondary N) is 1. The lowest BCUT2D eigenvalue weighted by atomic mass is 10.0. The number of hydrogen-bond acceptors (Lipinski definition) is 6. The second kappa shape index (κ2) is 9.65. The maximum atomic E-state index is 13.8. The Balaban J connectivity index is 1.56. The second-order valence-corrected chi connectivity index (χ2v) is 7.26. The lowest BCUT2D eigenvalue weighted by Gasteiger charge is -2.32. The van der Waals surface area contributed by atoms with Crippen molar-refractivity contribution in [2.24, 2.45) is 0 Å². The molecule has 2 heterocycles. The van der Waals surface area contributed by atoms with E-state index >= 15 is 0 Å². The maximum absolute atomic E-state index is 13.8. The normalized spacial score (nSPS) is 15.8. The molecule has 0 atom stereocenters. The summed E-state index contributed by atoms with van der Waals surface area (Å²) in [7, 11) is 1.38. The molecule has 0 saturated carbocycles. The van der Waals surface area contributed by atoms with Gasteiger partial charge in [-0.3, -0.25) is 4.90 Å². The standard InChI is InChI=1S/C19H21ClF4N4O2/c1-29-15-3-2-12(8-16(15)30-11-19(22,23)24)10-28-6-4-13(5-7-28)26-17-14(21)9-25-18(20)27-17/h2-3,8-9,13H,4-7,10-11H2,1H3,(H,25,26,27). The predicted octanol–water partition coefficient (Wildman–Crippen LogP) is 4.30. The summed E-state index contributed by atoms with van der Waals surface area (Å²) in [5.41, 5.74) is 0.813. The lowest BCUT2D eigenvalue weighted by molar-refractivity contribution is -0.153. The zero-order valence-electron chi connectivity index (χ0n) is 16.2. The van der Waals surface area contributed by atoms with Crippen molar-refractivity contribution in [1.29, 1.82) is 0 Å². The largest absolute Gasteiger partial charge is 0.493 e. The molecule has 1 aromatic heterocycles. The average Bonchev–Trinajstić information content (AvgIpc) is 2.70. The molecule has 3 rings (SSSR count). The van der Waals surface area contributed by atoms with Crippen molar-refractivity contribution in [3.63, 3.8) is 0 Å². The van der Waals surface area contributed by atoms with Crippen molar-refractivity contribution in [2.75, 3.05) is 32.1 Å². The van der Waals surface area contributed by atoms with E-state index in [0.717, 1.165) is 37.7 Å². The van der Waals surface area contributed by atoms with Gasteiger partial charge >= 0.3 is 6.18 Å². The number of likely N-dealkylation sites (tertiary alicyclic amines) is 1. The number of rotatable bonds is 7. The Morgan fingerprint density at radius 2 is 1.97 bits per heavy atom. The van der Waals surface area contributed by atoms with E-state index in [2.05, 4.69) is 20.2 Å². The Kier molecular flexibility index (Phi) is 7.19. The van der Waals surface area contributed by atoms with Gasteiger partial charge in [0.25, 0.3) is 0 Å². The number of ether oxygens (including phenoxy) is 2. The van der Waals surface area contributed by atoms with Crippen LogP contribution in [0.4, 0.5) is 23.4 Å². The van der Waals surface area contributed by atoms with Crippen molar-refractivity contribution < 1.29 is 27.0 Å². The van der Waals surface area contributed by atoms with Gasteiger partial charge < -0.3 is 14.8 Å². The first-order chi connectivity index (χ1) is 14.2. The van der Waals surface area contributed by atoms with Gasteiger partial charge in [0.05, 0.1) is 13.3 Å². The molecule has 2 aromatic rings. The summed E-state index contributed by atoms with van der Waals surface area (Å²) < 4.78 is 61.2. The van der Waals surface area contributed by atoms with E-state index in [0.29, 0.717) is 6.54 Å². The molecule has 1 fully saturated rings. The minimum atomic E-state index is -4.43. The Labute approximate surface area is 176 Å². The van der Waals surface area contributed by atoms with Crippen molar-refractivity contribution in [3.8, 4) is 11.5 Å². The van der Waals surface area contributed by atoms with E-state index in [4.69, 9.17) is 21.1 Å². The highest BCUT2D eigenvalue weighted by Crippen LogP contribution is 2.30. The van der Waals surface area contributed by atoms with Crippen molar-refractivity contribution in [1.82, 2.24) is 14.9 Å². The zero-order valence-corrected chi connectivity index (χ0v) is 16.9. The summed E-state index contributed by atoms with van der Waals surface area (Å²) in [5, 5.41) is 3.02. The molecule has 1 aromatic carbocycles. The summed E-state index contributed by atoms with van der Waals surface area (Å²) in [6, 6.07) is 4.98. The first kappa shape index (κ1) is 22.4. The number of alkyl halides is 3. The second-order valence-electron chi connectivity index (χ2n) is 6.92. The monoisotopic (exact) mass is 448 g/mol. The van der Waals surface area contributed by atoms with E-state index in [9.17, 15) is 17.6 Å². The molecule has 0 amide bonds. The van der Waals surface area contributed by atoms with Crippen molar-refractivity contribution >= 4 is 17.4 Å². The van der Waals surface area contributed by atoms with Crippen LogP contribution in [0.3, 0.4) is 0 Å². The number of methoxy groups -OCH3 is 1. The van der Waals surface area contributed by atoms with Crippen LogP contribution in [0.15, 0.2) is 24.4 Å². The quantitative estimate of drug-likeness (QED) is 0.503. The summed E-state index contributed by atoms with van der Waals surface area (Å²) >= 11 is 5.71. The third-order valence-corrected chi connectivity index (χ3v) is 4.85. The molecule has 1 aliphatic heterocycles. The molecular formula is C19H21ClF4N4O2. The van der Waals surface area contributed by atoms with Gasteiger partial charge in [-0.05, 0) is 42.1 Å². The first-order valence-corrected chi connectivity index (χ1v) is 9.64. The van der Waals surface area contributed by atoms with Crippen LogP contribution in [0.5, 0.6) is 11.5 Å². The molecule has 0 spiro atoms. The van der Waals surface area contributed by atoms with E-state index in [1.54, 1.807) is 18.2 Å². The van der Waals surface area contributed by atoms with Crippen LogP contribution >= 0.6 is 11.6 Å². The number of nitrogens with zero attached hydrogens (tertiary/aromatic N) is 3. The van der Waals surface area contributed by atoms with Crippen LogP contribution in [0.25, 0.3) is 0 Å². The van der Waals surface area contributed by atoms with Gasteiger partial charge in [0, 0.05) is 25.7 Å². The van der Waals surface area contributed by atoms with Gasteiger partial charge in [0.1, 0.15) is 0 Å². The van der Waals surface area contributed by atoms with Crippen LogP contribution in [-0.4, -0.2) is 53.9 Å². The SMILES string of the molecule is COc1ccc(CN2CCC(Nc3nc(Cl)ncc3F)CC2)cc1OCC(F)(F)F. The third-order valence-electron chi connectivity index (χ3n) is 4.67. The molecule has 1 saturated heterocycles. The predicted molar refractivity (Wildman–Crippen MR) is 103 cm³/mol. The molecule has 6 nitrogen and oxygen atoms in total. The smallest absolute Gasteiger partial charge is 0.422 e. The minimum Gasteiger partial charge on any atom is -0.493 e. The molecular weight excluding hydrogens is 428 g/mol. The highest BCUT2D eigenvalue weighted by molar-refractivity contribution is 6.28. The van der Waals surface area contributed by atoms with Gasteiger partial charge in [0.2, 0.25) is 5.28 Å². The van der Waals surface area contributed by atoms with Crippen LogP contribution in [0.2, 0.25) is 5.28 Å². The summed E-state index contributed by atoms with van der Waals surface area (Å²) in [6.45, 7) is 0.617. The maximum Gasteiger partial charge on any atom is 0.422 e. The Hall–Kier alpha value is -2.33. The number of halogens is 5. The molecule has 1 N–H and O–H groups in total. The molecule has 11 heteroatoms. The highest BCUT2D eigenvalue weighted by Gasteiger charge is 2.29. The summed E-state index contributed by atoms with van der Waals surface area (Å²) in [6.07, 6.45) is -1.92. The molecule has 30 heavy (non-hydrogen) atoms.